The lowest BCUT2D eigenvalue weighted by Crippen LogP contribution is -2.37. The number of benzene rings is 3. The number of methoxy groups -OCH3 is 1. The Labute approximate surface area is 265 Å². The van der Waals surface area contributed by atoms with Gasteiger partial charge >= 0.3 is 18.2 Å². The molecule has 3 aromatic carbocycles. The van der Waals surface area contributed by atoms with Gasteiger partial charge in [0.05, 0.1) is 18.1 Å². The minimum absolute atomic E-state index is 0.0180. The SMILES string of the molecule is CNC(=O)NNc1nc(S(C)(=O)=O)nc2ccccc12.COc1ccc2c(NNC(=O)Nc3ccccc3)nc(C(F)(F)F)nc2c1. The highest BCUT2D eigenvalue weighted by Gasteiger charge is 2.35. The molecule has 5 aromatic rings. The van der Waals surface area contributed by atoms with Crippen molar-refractivity contribution < 1.29 is 35.9 Å². The van der Waals surface area contributed by atoms with E-state index in [4.69, 9.17) is 4.74 Å². The van der Waals surface area contributed by atoms with Crippen molar-refractivity contribution in [3.8, 4) is 5.75 Å². The quantitative estimate of drug-likeness (QED) is 0.107. The summed E-state index contributed by atoms with van der Waals surface area (Å²) in [5.41, 5.74) is 10.6. The Balaban J connectivity index is 0.000000223. The predicted molar refractivity (Wildman–Crippen MR) is 167 cm³/mol. The molecule has 19 heteroatoms. The third kappa shape index (κ3) is 9.03. The molecule has 0 spiro atoms. The summed E-state index contributed by atoms with van der Waals surface area (Å²) in [5, 5.41) is 5.45. The van der Waals surface area contributed by atoms with Crippen molar-refractivity contribution in [1.82, 2.24) is 36.1 Å². The largest absolute Gasteiger partial charge is 0.497 e. The maximum atomic E-state index is 13.1. The number of urea groups is 2. The first-order chi connectivity index (χ1) is 22.3. The summed E-state index contributed by atoms with van der Waals surface area (Å²) in [7, 11) is -0.706. The van der Waals surface area contributed by atoms with Crippen LogP contribution in [0.25, 0.3) is 21.8 Å². The molecule has 0 aliphatic carbocycles. The highest BCUT2D eigenvalue weighted by molar-refractivity contribution is 7.90. The van der Waals surface area contributed by atoms with Crippen LogP contribution in [-0.4, -0.2) is 60.8 Å². The predicted octanol–water partition coefficient (Wildman–Crippen LogP) is 4.10. The molecule has 0 bridgehead atoms. The lowest BCUT2D eigenvalue weighted by atomic mass is 10.2. The molecule has 0 radical (unpaired) electrons. The van der Waals surface area contributed by atoms with Gasteiger partial charge in [-0.1, -0.05) is 30.3 Å². The number of anilines is 3. The molecule has 246 valence electrons. The number of hydrogen-bond donors (Lipinski definition) is 6. The maximum Gasteiger partial charge on any atom is 0.451 e. The number of aromatic nitrogens is 4. The van der Waals surface area contributed by atoms with E-state index in [9.17, 15) is 31.2 Å². The van der Waals surface area contributed by atoms with E-state index in [-0.39, 0.29) is 27.7 Å². The van der Waals surface area contributed by atoms with Gasteiger partial charge < -0.3 is 15.4 Å². The summed E-state index contributed by atoms with van der Waals surface area (Å²) in [6.07, 6.45) is -3.73. The van der Waals surface area contributed by atoms with Crippen LogP contribution in [0.4, 0.5) is 40.1 Å². The Hall–Kier alpha value is -5.98. The third-order valence-corrected chi connectivity index (χ3v) is 6.77. The number of halogens is 3. The lowest BCUT2D eigenvalue weighted by molar-refractivity contribution is -0.144. The van der Waals surface area contributed by atoms with Crippen molar-refractivity contribution in [3.63, 3.8) is 0 Å². The highest BCUT2D eigenvalue weighted by atomic mass is 32.2. The van der Waals surface area contributed by atoms with E-state index in [1.165, 1.54) is 26.3 Å². The van der Waals surface area contributed by atoms with Crippen LogP contribution < -0.4 is 37.1 Å². The molecular formula is C28H27F3N10O5S. The van der Waals surface area contributed by atoms with Crippen molar-refractivity contribution in [3.05, 3.63) is 78.6 Å². The summed E-state index contributed by atoms with van der Waals surface area (Å²) in [4.78, 5) is 38.0. The average molecular weight is 673 g/mol. The minimum atomic E-state index is -4.75. The second-order valence-corrected chi connectivity index (χ2v) is 11.2. The molecule has 15 nitrogen and oxygen atoms in total. The Bertz CT molecular complexity index is 2020. The summed E-state index contributed by atoms with van der Waals surface area (Å²) >= 11 is 0. The fraction of sp³-hybridized carbons (Fsp3) is 0.143. The Kier molecular flexibility index (Phi) is 10.4. The first-order valence-corrected chi connectivity index (χ1v) is 15.2. The number of ether oxygens (including phenoxy) is 1. The van der Waals surface area contributed by atoms with E-state index in [1.807, 2.05) is 0 Å². The van der Waals surface area contributed by atoms with Gasteiger partial charge in [0.15, 0.2) is 11.6 Å². The zero-order valence-electron chi connectivity index (χ0n) is 24.8. The van der Waals surface area contributed by atoms with Gasteiger partial charge in [0.2, 0.25) is 20.8 Å². The molecule has 0 saturated heterocycles. The normalized spacial score (nSPS) is 11.1. The molecular weight excluding hydrogens is 645 g/mol. The summed E-state index contributed by atoms with van der Waals surface area (Å²) in [6.45, 7) is 0. The van der Waals surface area contributed by atoms with Crippen LogP contribution in [0.1, 0.15) is 5.82 Å². The highest BCUT2D eigenvalue weighted by Crippen LogP contribution is 2.31. The molecule has 0 fully saturated rings. The zero-order chi connectivity index (χ0) is 34.2. The van der Waals surface area contributed by atoms with Crippen LogP contribution >= 0.6 is 0 Å². The number of fused-ring (bicyclic) bond motifs is 2. The van der Waals surface area contributed by atoms with Gasteiger partial charge in [0, 0.05) is 35.8 Å². The number of nitrogens with one attached hydrogen (secondary N) is 6. The fourth-order valence-corrected chi connectivity index (χ4v) is 4.27. The van der Waals surface area contributed by atoms with Crippen molar-refractivity contribution in [2.45, 2.75) is 11.3 Å². The van der Waals surface area contributed by atoms with Crippen molar-refractivity contribution >= 4 is 61.0 Å². The van der Waals surface area contributed by atoms with Crippen LogP contribution in [0, 0.1) is 0 Å². The van der Waals surface area contributed by atoms with Gasteiger partial charge in [-0.15, -0.1) is 0 Å². The molecule has 0 saturated carbocycles. The number of para-hydroxylation sites is 2. The maximum absolute atomic E-state index is 13.1. The Morgan fingerprint density at radius 1 is 0.766 bits per heavy atom. The number of sulfone groups is 1. The second-order valence-electron chi connectivity index (χ2n) is 9.32. The smallest absolute Gasteiger partial charge is 0.451 e. The van der Waals surface area contributed by atoms with Gasteiger partial charge in [-0.2, -0.15) is 18.2 Å². The van der Waals surface area contributed by atoms with Gasteiger partial charge in [0.1, 0.15) is 5.75 Å². The number of hydrazine groups is 2. The van der Waals surface area contributed by atoms with Crippen molar-refractivity contribution in [2.24, 2.45) is 0 Å². The van der Waals surface area contributed by atoms with Crippen molar-refractivity contribution in [1.29, 1.82) is 0 Å². The number of alkyl halides is 3. The molecule has 0 atom stereocenters. The molecule has 4 amide bonds. The number of amides is 4. The van der Waals surface area contributed by atoms with Crippen LogP contribution in [0.3, 0.4) is 0 Å². The fourth-order valence-electron chi connectivity index (χ4n) is 3.75. The molecule has 5 rings (SSSR count). The molecule has 6 N–H and O–H groups in total. The van der Waals surface area contributed by atoms with Crippen molar-refractivity contribution in [2.75, 3.05) is 36.6 Å². The molecule has 0 unspecified atom stereocenters. The van der Waals surface area contributed by atoms with Gasteiger partial charge in [-0.05, 0) is 36.4 Å². The van der Waals surface area contributed by atoms with Gasteiger partial charge in [-0.3, -0.25) is 21.7 Å². The van der Waals surface area contributed by atoms with E-state index in [0.717, 1.165) is 6.26 Å². The lowest BCUT2D eigenvalue weighted by Gasteiger charge is -2.14. The zero-order valence-corrected chi connectivity index (χ0v) is 25.6. The number of rotatable bonds is 7. The van der Waals surface area contributed by atoms with E-state index >= 15 is 0 Å². The first kappa shape index (κ1) is 33.9. The topological polar surface area (TPSA) is 201 Å². The second kappa shape index (κ2) is 14.4. The third-order valence-electron chi connectivity index (χ3n) is 5.92. The standard InChI is InChI=1S/C17H14F3N5O2.C11H13N5O3S/c1-27-11-7-8-12-13(9-11)22-15(17(18,19)20)23-14(12)24-25-16(26)21-10-5-3-2-4-6-10;1-12-10(17)16-15-9-7-5-3-4-6-8(7)13-11(14-9)20(2,18)19/h2-9H,1H3,(H2,21,25,26)(H,22,23,24);3-6H,1-2H3,(H2,12,16,17)(H,13,14,15). The number of carbonyl (C=O) groups is 2. The molecule has 47 heavy (non-hydrogen) atoms. The first-order valence-electron chi connectivity index (χ1n) is 13.3. The Morgan fingerprint density at radius 2 is 1.38 bits per heavy atom. The minimum Gasteiger partial charge on any atom is -0.497 e. The summed E-state index contributed by atoms with van der Waals surface area (Å²) < 4.78 is 67.4. The molecule has 2 aromatic heterocycles. The monoisotopic (exact) mass is 672 g/mol. The summed E-state index contributed by atoms with van der Waals surface area (Å²) in [5.74, 6) is -0.983. The number of hydrogen-bond acceptors (Lipinski definition) is 11. The van der Waals surface area contributed by atoms with Crippen LogP contribution in [-0.2, 0) is 16.0 Å². The van der Waals surface area contributed by atoms with E-state index in [1.54, 1.807) is 60.7 Å². The molecule has 0 aliphatic heterocycles. The number of nitrogens with zero attached hydrogens (tertiary/aromatic N) is 4. The Morgan fingerprint density at radius 3 is 2.02 bits per heavy atom. The summed E-state index contributed by atoms with van der Waals surface area (Å²) in [6, 6.07) is 18.7. The number of carbonyl (C=O) groups excluding carboxylic acids is 2. The van der Waals surface area contributed by atoms with Gasteiger partial charge in [0.25, 0.3) is 0 Å². The average Bonchev–Trinajstić information content (AvgIpc) is 3.05. The molecule has 0 aliphatic rings. The van der Waals surface area contributed by atoms with E-state index in [2.05, 4.69) is 52.3 Å². The molecule has 2 heterocycles. The van der Waals surface area contributed by atoms with Crippen LogP contribution in [0.15, 0.2) is 78.0 Å². The van der Waals surface area contributed by atoms with Crippen LogP contribution in [0.2, 0.25) is 0 Å². The van der Waals surface area contributed by atoms with E-state index < -0.39 is 33.9 Å². The van der Waals surface area contributed by atoms with Gasteiger partial charge in [-0.25, -0.2) is 33.0 Å². The van der Waals surface area contributed by atoms with E-state index in [0.29, 0.717) is 22.3 Å². The van der Waals surface area contributed by atoms with Crippen LogP contribution in [0.5, 0.6) is 5.75 Å².